The minimum Gasteiger partial charge on any atom is -0.311 e. The third-order valence-electron chi connectivity index (χ3n) is 11.4. The standard InChI is InChI=1S/C57H39N5/c1-6-16-42(17-7-1)55-58-56(43-18-8-2-9-19-43)60-57(59-55)44-28-26-40(27-29-44)45-32-36-53-51(38-45)52-39-46(33-37-54(52)62(53)49-24-14-5-15-25-49)41-30-34-50(35-31-41)61(47-20-10-3-11-21-47)48-22-12-4-13-23-48/h1-39H. The quantitative estimate of drug-likeness (QED) is 0.146. The highest BCUT2D eigenvalue weighted by Crippen LogP contribution is 2.39. The van der Waals surface area contributed by atoms with Crippen LogP contribution in [-0.2, 0) is 0 Å². The van der Waals surface area contributed by atoms with E-state index in [-0.39, 0.29) is 0 Å². The summed E-state index contributed by atoms with van der Waals surface area (Å²) in [7, 11) is 0. The van der Waals surface area contributed by atoms with Gasteiger partial charge in [0.1, 0.15) is 0 Å². The molecule has 5 heteroatoms. The second-order valence-corrected chi connectivity index (χ2v) is 15.3. The molecule has 0 N–H and O–H groups in total. The van der Waals surface area contributed by atoms with E-state index in [0.717, 1.165) is 67.2 Å². The van der Waals surface area contributed by atoms with Gasteiger partial charge in [-0.15, -0.1) is 0 Å². The lowest BCUT2D eigenvalue weighted by atomic mass is 9.99. The van der Waals surface area contributed by atoms with Gasteiger partial charge in [0.05, 0.1) is 11.0 Å². The van der Waals surface area contributed by atoms with E-state index >= 15 is 0 Å². The fraction of sp³-hybridized carbons (Fsp3) is 0. The smallest absolute Gasteiger partial charge is 0.164 e. The molecule has 9 aromatic carbocycles. The van der Waals surface area contributed by atoms with Crippen LogP contribution in [0.3, 0.4) is 0 Å². The van der Waals surface area contributed by atoms with Gasteiger partial charge in [0.25, 0.3) is 0 Å². The van der Waals surface area contributed by atoms with Crippen molar-refractivity contribution in [1.29, 1.82) is 0 Å². The van der Waals surface area contributed by atoms with Crippen molar-refractivity contribution in [1.82, 2.24) is 19.5 Å². The highest BCUT2D eigenvalue weighted by atomic mass is 15.1. The highest BCUT2D eigenvalue weighted by Gasteiger charge is 2.17. The molecule has 0 radical (unpaired) electrons. The van der Waals surface area contributed by atoms with Gasteiger partial charge in [0.15, 0.2) is 17.5 Å². The number of anilines is 3. The fourth-order valence-electron chi connectivity index (χ4n) is 8.39. The third kappa shape index (κ3) is 6.97. The van der Waals surface area contributed by atoms with Crippen LogP contribution >= 0.6 is 0 Å². The van der Waals surface area contributed by atoms with Crippen molar-refractivity contribution >= 4 is 38.9 Å². The van der Waals surface area contributed by atoms with E-state index in [9.17, 15) is 0 Å². The lowest BCUT2D eigenvalue weighted by Crippen LogP contribution is -2.09. The Bertz CT molecular complexity index is 3200. The van der Waals surface area contributed by atoms with Gasteiger partial charge in [0, 0.05) is 50.2 Å². The number of aromatic nitrogens is 4. The van der Waals surface area contributed by atoms with Crippen molar-refractivity contribution in [3.8, 4) is 62.1 Å². The third-order valence-corrected chi connectivity index (χ3v) is 11.4. The van der Waals surface area contributed by atoms with Gasteiger partial charge in [-0.3, -0.25) is 0 Å². The van der Waals surface area contributed by atoms with Crippen LogP contribution in [0.1, 0.15) is 0 Å². The summed E-state index contributed by atoms with van der Waals surface area (Å²) in [5.74, 6) is 1.94. The van der Waals surface area contributed by atoms with Crippen LogP contribution in [-0.4, -0.2) is 19.5 Å². The van der Waals surface area contributed by atoms with Crippen molar-refractivity contribution in [2.45, 2.75) is 0 Å². The van der Waals surface area contributed by atoms with E-state index in [1.807, 2.05) is 60.7 Å². The molecule has 0 aliphatic carbocycles. The summed E-state index contributed by atoms with van der Waals surface area (Å²) in [6.07, 6.45) is 0. The first kappa shape index (κ1) is 36.7. The maximum Gasteiger partial charge on any atom is 0.164 e. The van der Waals surface area contributed by atoms with Gasteiger partial charge in [-0.1, -0.05) is 164 Å². The Morgan fingerprint density at radius 3 is 1.03 bits per heavy atom. The molecule has 0 atom stereocenters. The van der Waals surface area contributed by atoms with Crippen molar-refractivity contribution in [2.24, 2.45) is 0 Å². The Kier molecular flexibility index (Phi) is 9.45. The summed E-state index contributed by atoms with van der Waals surface area (Å²) >= 11 is 0. The zero-order valence-corrected chi connectivity index (χ0v) is 33.8. The van der Waals surface area contributed by atoms with Crippen LogP contribution in [0, 0.1) is 0 Å². The van der Waals surface area contributed by atoms with Crippen LogP contribution in [0.2, 0.25) is 0 Å². The summed E-state index contributed by atoms with van der Waals surface area (Å²) in [4.78, 5) is 17.1. The molecule has 0 aliphatic heterocycles. The maximum atomic E-state index is 4.96. The van der Waals surface area contributed by atoms with Crippen molar-refractivity contribution in [3.63, 3.8) is 0 Å². The molecule has 62 heavy (non-hydrogen) atoms. The van der Waals surface area contributed by atoms with Gasteiger partial charge < -0.3 is 9.47 Å². The Morgan fingerprint density at radius 2 is 0.597 bits per heavy atom. The fourth-order valence-corrected chi connectivity index (χ4v) is 8.39. The topological polar surface area (TPSA) is 46.8 Å². The average molecular weight is 794 g/mol. The molecule has 0 spiro atoms. The number of rotatable bonds is 9. The molecule has 292 valence electrons. The van der Waals surface area contributed by atoms with Crippen LogP contribution in [0.15, 0.2) is 237 Å². The lowest BCUT2D eigenvalue weighted by Gasteiger charge is -2.25. The monoisotopic (exact) mass is 793 g/mol. The van der Waals surface area contributed by atoms with Gasteiger partial charge in [-0.2, -0.15) is 0 Å². The van der Waals surface area contributed by atoms with Gasteiger partial charge >= 0.3 is 0 Å². The van der Waals surface area contributed by atoms with Crippen LogP contribution in [0.5, 0.6) is 0 Å². The number of hydrogen-bond acceptors (Lipinski definition) is 4. The average Bonchev–Trinajstić information content (AvgIpc) is 3.69. The lowest BCUT2D eigenvalue weighted by molar-refractivity contribution is 1.07. The highest BCUT2D eigenvalue weighted by molar-refractivity contribution is 6.11. The van der Waals surface area contributed by atoms with Crippen LogP contribution in [0.25, 0.3) is 83.9 Å². The normalized spacial score (nSPS) is 11.2. The first-order valence-electron chi connectivity index (χ1n) is 20.9. The van der Waals surface area contributed by atoms with Crippen molar-refractivity contribution in [3.05, 3.63) is 237 Å². The summed E-state index contributed by atoms with van der Waals surface area (Å²) in [5, 5.41) is 2.40. The number of benzene rings is 9. The molecule has 0 bridgehead atoms. The second-order valence-electron chi connectivity index (χ2n) is 15.3. The van der Waals surface area contributed by atoms with E-state index in [1.54, 1.807) is 0 Å². The predicted octanol–water partition coefficient (Wildman–Crippen LogP) is 14.8. The summed E-state index contributed by atoms with van der Waals surface area (Å²) in [5.41, 5.74) is 14.2. The SMILES string of the molecule is c1ccc(-c2nc(-c3ccccc3)nc(-c3ccc(-c4ccc5c(c4)c4cc(-c6ccc(N(c7ccccc7)c7ccccc7)cc6)ccc4n5-c4ccccc4)cc3)n2)cc1. The Hall–Kier alpha value is -8.41. The van der Waals surface area contributed by atoms with E-state index in [2.05, 4.69) is 185 Å². The summed E-state index contributed by atoms with van der Waals surface area (Å²) in [6.45, 7) is 0. The molecular weight excluding hydrogens is 755 g/mol. The molecule has 0 unspecified atom stereocenters. The number of fused-ring (bicyclic) bond motifs is 3. The second kappa shape index (κ2) is 16.0. The van der Waals surface area contributed by atoms with Gasteiger partial charge in [-0.05, 0) is 95.1 Å². The molecule has 0 fully saturated rings. The zero-order chi connectivity index (χ0) is 41.2. The van der Waals surface area contributed by atoms with E-state index < -0.39 is 0 Å². The van der Waals surface area contributed by atoms with Crippen molar-refractivity contribution in [2.75, 3.05) is 4.90 Å². The molecule has 5 nitrogen and oxygen atoms in total. The molecule has 0 aliphatic rings. The Morgan fingerprint density at radius 1 is 0.274 bits per heavy atom. The van der Waals surface area contributed by atoms with Crippen LogP contribution < -0.4 is 4.90 Å². The van der Waals surface area contributed by atoms with E-state index in [1.165, 1.54) is 16.3 Å². The predicted molar refractivity (Wildman–Crippen MR) is 256 cm³/mol. The zero-order valence-electron chi connectivity index (χ0n) is 33.8. The van der Waals surface area contributed by atoms with Crippen molar-refractivity contribution < 1.29 is 0 Å². The molecule has 2 heterocycles. The number of para-hydroxylation sites is 3. The molecule has 0 saturated carbocycles. The Labute approximate surface area is 360 Å². The van der Waals surface area contributed by atoms with E-state index in [0.29, 0.717) is 17.5 Å². The summed E-state index contributed by atoms with van der Waals surface area (Å²) in [6, 6.07) is 83.0. The molecule has 11 aromatic rings. The largest absolute Gasteiger partial charge is 0.311 e. The molecule has 2 aromatic heterocycles. The van der Waals surface area contributed by atoms with Gasteiger partial charge in [-0.25, -0.2) is 15.0 Å². The molecular formula is C57H39N5. The minimum absolute atomic E-state index is 0.638. The summed E-state index contributed by atoms with van der Waals surface area (Å²) < 4.78 is 2.37. The minimum atomic E-state index is 0.638. The molecule has 0 saturated heterocycles. The first-order chi connectivity index (χ1) is 30.7. The van der Waals surface area contributed by atoms with E-state index in [4.69, 9.17) is 15.0 Å². The van der Waals surface area contributed by atoms with Crippen LogP contribution in [0.4, 0.5) is 17.1 Å². The Balaban J connectivity index is 0.978. The first-order valence-corrected chi connectivity index (χ1v) is 20.9. The van der Waals surface area contributed by atoms with Gasteiger partial charge in [0.2, 0.25) is 0 Å². The molecule has 11 rings (SSSR count). The maximum absolute atomic E-state index is 4.96. The number of nitrogens with zero attached hydrogens (tertiary/aromatic N) is 5. The molecule has 0 amide bonds. The number of hydrogen-bond donors (Lipinski definition) is 0.